The second kappa shape index (κ2) is 14.3. The van der Waals surface area contributed by atoms with Crippen molar-refractivity contribution in [3.63, 3.8) is 0 Å². The molecule has 1 aromatic rings. The van der Waals surface area contributed by atoms with E-state index in [0.717, 1.165) is 24.2 Å². The Kier molecular flexibility index (Phi) is 12.6. The number of thioether (sulfide) groups is 1. The van der Waals surface area contributed by atoms with Crippen LogP contribution < -0.4 is 28.8 Å². The Balaban J connectivity index is 0.00000480. The van der Waals surface area contributed by atoms with Crippen molar-refractivity contribution in [1.29, 1.82) is 0 Å². The summed E-state index contributed by atoms with van der Waals surface area (Å²) in [7, 11) is 0. The molecule has 0 unspecified atom stereocenters. The van der Waals surface area contributed by atoms with E-state index < -0.39 is 18.1 Å². The number of carbonyl (C=O) groups excluding carboxylic acids is 2. The van der Waals surface area contributed by atoms with Crippen molar-refractivity contribution < 1.29 is 31.9 Å². The minimum absolute atomic E-state index is 0. The monoisotopic (exact) mass is 470 g/mol. The van der Waals surface area contributed by atoms with Gasteiger partial charge in [-0.05, 0) is 55.6 Å². The number of amides is 2. The minimum Gasteiger partial charge on any atom is -1.00 e. The molecule has 174 valence electrons. The second-order valence-corrected chi connectivity index (χ2v) is 8.93. The molecule has 1 fully saturated rings. The van der Waals surface area contributed by atoms with Crippen LogP contribution in [0.2, 0.25) is 0 Å². The molecule has 1 saturated carbocycles. The van der Waals surface area contributed by atoms with Crippen LogP contribution in [0.3, 0.4) is 0 Å². The third kappa shape index (κ3) is 9.49. The molecule has 0 heterocycles. The molecule has 7 nitrogen and oxygen atoms in total. The number of carboxylic acid groups (broad SMARTS) is 1. The smallest absolute Gasteiger partial charge is 0.326 e. The lowest BCUT2D eigenvalue weighted by atomic mass is 9.81. The van der Waals surface area contributed by atoms with Gasteiger partial charge in [-0.2, -0.15) is 11.8 Å². The van der Waals surface area contributed by atoms with Crippen LogP contribution in [-0.2, 0) is 20.8 Å². The number of nitrogens with one attached hydrogen (secondary N) is 2. The van der Waals surface area contributed by atoms with Crippen molar-refractivity contribution in [2.24, 2.45) is 17.6 Å². The number of hydrogen-bond donors (Lipinski definition) is 4. The number of nitrogens with two attached hydrogens (primary N) is 1. The lowest BCUT2D eigenvalue weighted by Crippen LogP contribution is -3.00. The van der Waals surface area contributed by atoms with Crippen molar-refractivity contribution in [3.05, 3.63) is 35.9 Å². The third-order valence-electron chi connectivity index (χ3n) is 5.65. The SMILES string of the molecule is CSCC[C@H](N)C(=O)NCC1CCC(C(=O)N[C@@H](Cc2ccccc2)C(=O)O)CC1.[Cl-]. The fourth-order valence-corrected chi connectivity index (χ4v) is 4.21. The zero-order chi connectivity index (χ0) is 21.9. The second-order valence-electron chi connectivity index (χ2n) is 7.94. The molecule has 1 aromatic carbocycles. The highest BCUT2D eigenvalue weighted by Gasteiger charge is 2.29. The van der Waals surface area contributed by atoms with Crippen LogP contribution in [-0.4, -0.2) is 53.5 Å². The van der Waals surface area contributed by atoms with Crippen molar-refractivity contribution in [3.8, 4) is 0 Å². The predicted octanol–water partition coefficient (Wildman–Crippen LogP) is -1.19. The summed E-state index contributed by atoms with van der Waals surface area (Å²) in [6.07, 6.45) is 5.96. The number of benzene rings is 1. The summed E-state index contributed by atoms with van der Waals surface area (Å²) < 4.78 is 0. The molecule has 0 bridgehead atoms. The lowest BCUT2D eigenvalue weighted by Gasteiger charge is -2.29. The largest absolute Gasteiger partial charge is 1.00 e. The number of carbonyl (C=O) groups is 3. The number of aliphatic carboxylic acids is 1. The molecular formula is C22H33ClN3O4S-. The van der Waals surface area contributed by atoms with E-state index in [4.69, 9.17) is 5.73 Å². The number of hydrogen-bond acceptors (Lipinski definition) is 5. The number of rotatable bonds is 11. The van der Waals surface area contributed by atoms with Gasteiger partial charge in [0.2, 0.25) is 11.8 Å². The van der Waals surface area contributed by atoms with Gasteiger partial charge in [-0.25, -0.2) is 4.79 Å². The van der Waals surface area contributed by atoms with E-state index >= 15 is 0 Å². The third-order valence-corrected chi connectivity index (χ3v) is 6.29. The summed E-state index contributed by atoms with van der Waals surface area (Å²) in [5, 5.41) is 15.1. The first-order valence-electron chi connectivity index (χ1n) is 10.5. The van der Waals surface area contributed by atoms with E-state index in [9.17, 15) is 19.5 Å². The first kappa shape index (κ1) is 27.3. The fraction of sp³-hybridized carbons (Fsp3) is 0.591. The van der Waals surface area contributed by atoms with E-state index in [1.807, 2.05) is 36.6 Å². The van der Waals surface area contributed by atoms with Gasteiger partial charge in [-0.15, -0.1) is 0 Å². The molecule has 2 amide bonds. The Hall–Kier alpha value is -1.77. The maximum Gasteiger partial charge on any atom is 0.326 e. The quantitative estimate of drug-likeness (QED) is 0.322. The summed E-state index contributed by atoms with van der Waals surface area (Å²) in [5.41, 5.74) is 6.76. The van der Waals surface area contributed by atoms with Gasteiger partial charge < -0.3 is 33.9 Å². The summed E-state index contributed by atoms with van der Waals surface area (Å²) in [4.78, 5) is 36.2. The van der Waals surface area contributed by atoms with Crippen LogP contribution in [0, 0.1) is 11.8 Å². The fourth-order valence-electron chi connectivity index (χ4n) is 3.72. The molecule has 5 N–H and O–H groups in total. The van der Waals surface area contributed by atoms with E-state index in [1.165, 1.54) is 0 Å². The first-order chi connectivity index (χ1) is 14.4. The Morgan fingerprint density at radius 2 is 1.81 bits per heavy atom. The van der Waals surface area contributed by atoms with Gasteiger partial charge in [0.05, 0.1) is 6.04 Å². The van der Waals surface area contributed by atoms with E-state index in [1.54, 1.807) is 11.8 Å². The Bertz CT molecular complexity index is 699. The molecular weight excluding hydrogens is 438 g/mol. The Morgan fingerprint density at radius 1 is 1.16 bits per heavy atom. The predicted molar refractivity (Wildman–Crippen MR) is 119 cm³/mol. The Labute approximate surface area is 194 Å². The molecule has 2 rings (SSSR count). The molecule has 0 radical (unpaired) electrons. The van der Waals surface area contributed by atoms with Crippen LogP contribution >= 0.6 is 11.8 Å². The molecule has 2 atom stereocenters. The van der Waals surface area contributed by atoms with Gasteiger partial charge in [0, 0.05) is 18.9 Å². The molecule has 1 aliphatic carbocycles. The highest BCUT2D eigenvalue weighted by Crippen LogP contribution is 2.28. The van der Waals surface area contributed by atoms with Gasteiger partial charge in [0.1, 0.15) is 6.04 Å². The maximum absolute atomic E-state index is 12.6. The molecule has 0 aliphatic heterocycles. The summed E-state index contributed by atoms with van der Waals surface area (Å²) in [6, 6.07) is 7.88. The van der Waals surface area contributed by atoms with Crippen LogP contribution in [0.1, 0.15) is 37.7 Å². The van der Waals surface area contributed by atoms with Crippen LogP contribution in [0.15, 0.2) is 30.3 Å². The average molecular weight is 471 g/mol. The maximum atomic E-state index is 12.6. The zero-order valence-corrected chi connectivity index (χ0v) is 19.5. The highest BCUT2D eigenvalue weighted by molar-refractivity contribution is 7.98. The van der Waals surface area contributed by atoms with Crippen molar-refractivity contribution in [2.45, 2.75) is 50.6 Å². The zero-order valence-electron chi connectivity index (χ0n) is 17.9. The summed E-state index contributed by atoms with van der Waals surface area (Å²) in [6.45, 7) is 0.575. The van der Waals surface area contributed by atoms with Gasteiger partial charge >= 0.3 is 5.97 Å². The van der Waals surface area contributed by atoms with Crippen molar-refractivity contribution >= 4 is 29.5 Å². The van der Waals surface area contributed by atoms with E-state index in [0.29, 0.717) is 31.7 Å². The Morgan fingerprint density at radius 3 is 2.39 bits per heavy atom. The van der Waals surface area contributed by atoms with Gasteiger partial charge in [-0.1, -0.05) is 30.3 Å². The molecule has 0 aromatic heterocycles. The summed E-state index contributed by atoms with van der Waals surface area (Å²) in [5.74, 6) is -0.338. The van der Waals surface area contributed by atoms with Gasteiger partial charge in [0.25, 0.3) is 0 Å². The van der Waals surface area contributed by atoms with Crippen LogP contribution in [0.25, 0.3) is 0 Å². The lowest BCUT2D eigenvalue weighted by molar-refractivity contribution is -0.142. The molecule has 0 saturated heterocycles. The van der Waals surface area contributed by atoms with Gasteiger partial charge in [-0.3, -0.25) is 9.59 Å². The van der Waals surface area contributed by atoms with Crippen molar-refractivity contribution in [2.75, 3.05) is 18.6 Å². The van der Waals surface area contributed by atoms with Gasteiger partial charge in [0.15, 0.2) is 0 Å². The van der Waals surface area contributed by atoms with E-state index in [2.05, 4.69) is 10.6 Å². The molecule has 9 heteroatoms. The average Bonchev–Trinajstić information content (AvgIpc) is 2.76. The highest BCUT2D eigenvalue weighted by atomic mass is 35.5. The molecule has 1 aliphatic rings. The van der Waals surface area contributed by atoms with E-state index in [-0.39, 0.29) is 36.6 Å². The number of halogens is 1. The van der Waals surface area contributed by atoms with Crippen molar-refractivity contribution in [1.82, 2.24) is 10.6 Å². The first-order valence-corrected chi connectivity index (χ1v) is 11.9. The molecule has 31 heavy (non-hydrogen) atoms. The minimum atomic E-state index is -1.03. The molecule has 0 spiro atoms. The van der Waals surface area contributed by atoms with Crippen LogP contribution in [0.5, 0.6) is 0 Å². The standard InChI is InChI=1S/C22H33N3O4S.ClH/c1-30-12-11-18(23)21(27)24-14-16-7-9-17(10-8-16)20(26)25-19(22(28)29)13-15-5-3-2-4-6-15;/h2-6,16-19H,7-14,23H2,1H3,(H,24,27)(H,25,26)(H,28,29);1H/p-1/t16?,17?,18-,19-;/m0./s1. The summed E-state index contributed by atoms with van der Waals surface area (Å²) >= 11 is 1.67. The van der Waals surface area contributed by atoms with Crippen LogP contribution in [0.4, 0.5) is 0 Å². The normalized spacial score (nSPS) is 20.1. The number of carboxylic acids is 1. The topological polar surface area (TPSA) is 122 Å².